The average molecular weight is 903 g/mol. The van der Waals surface area contributed by atoms with Crippen molar-refractivity contribution in [1.82, 2.24) is 0 Å². The third kappa shape index (κ3) is 18.5. The van der Waals surface area contributed by atoms with Gasteiger partial charge in [0.25, 0.3) is 0 Å². The van der Waals surface area contributed by atoms with Gasteiger partial charge in [-0.3, -0.25) is 0 Å². The van der Waals surface area contributed by atoms with Gasteiger partial charge in [-0.2, -0.15) is 93.0 Å². The molecular weight excluding hydrogens is 838 g/mol. The molecule has 0 aromatic heterocycles. The maximum absolute atomic E-state index is 2.30. The Labute approximate surface area is 350 Å². The quantitative estimate of drug-likeness (QED) is 0.168. The van der Waals surface area contributed by atoms with E-state index in [4.69, 9.17) is 0 Å². The molecule has 0 aliphatic heterocycles. The summed E-state index contributed by atoms with van der Waals surface area (Å²) in [7, 11) is 0. The number of halogens is 2. The van der Waals surface area contributed by atoms with E-state index in [1.54, 1.807) is 91.2 Å². The molecule has 0 saturated heterocycles. The van der Waals surface area contributed by atoms with Gasteiger partial charge in [0.15, 0.2) is 0 Å². The topological polar surface area (TPSA) is 0 Å². The van der Waals surface area contributed by atoms with Crippen molar-refractivity contribution in [1.29, 1.82) is 0 Å². The van der Waals surface area contributed by atoms with Gasteiger partial charge in [0.2, 0.25) is 0 Å². The van der Waals surface area contributed by atoms with Crippen LogP contribution in [0.25, 0.3) is 0 Å². The molecule has 0 bridgehead atoms. The summed E-state index contributed by atoms with van der Waals surface area (Å²) in [6, 6.07) is 32.7. The Hall–Kier alpha value is 0.180. The summed E-state index contributed by atoms with van der Waals surface area (Å²) in [5, 5.41) is 0. The van der Waals surface area contributed by atoms with Gasteiger partial charge < -0.3 is 24.8 Å². The fourth-order valence-electron chi connectivity index (χ4n) is 6.95. The van der Waals surface area contributed by atoms with Crippen LogP contribution in [0.5, 0.6) is 0 Å². The van der Waals surface area contributed by atoms with E-state index in [0.29, 0.717) is 0 Å². The third-order valence-corrected chi connectivity index (χ3v) is 24.1. The minimum atomic E-state index is 0. The van der Waals surface area contributed by atoms with Crippen molar-refractivity contribution in [3.8, 4) is 0 Å². The number of hydrogen-bond acceptors (Lipinski definition) is 0. The van der Waals surface area contributed by atoms with Crippen LogP contribution in [0.4, 0.5) is 0 Å². The molecular formula is C44H64Cl2Si2Zr2-2. The molecule has 0 unspecified atom stereocenters. The van der Waals surface area contributed by atoms with E-state index in [9.17, 15) is 0 Å². The first-order chi connectivity index (χ1) is 23.5. The summed E-state index contributed by atoms with van der Waals surface area (Å²) in [6.07, 6.45) is 21.8. The van der Waals surface area contributed by atoms with Crippen LogP contribution < -0.4 is 24.8 Å². The van der Waals surface area contributed by atoms with Crippen molar-refractivity contribution >= 4 is 10.9 Å². The molecule has 0 atom stereocenters. The summed E-state index contributed by atoms with van der Waals surface area (Å²) in [4.78, 5) is 0. The van der Waals surface area contributed by atoms with E-state index in [2.05, 4.69) is 100 Å². The minimum absolute atomic E-state index is 0. The fourth-order valence-corrected chi connectivity index (χ4v) is 7.95. The van der Waals surface area contributed by atoms with E-state index in [0.717, 1.165) is 0 Å². The van der Waals surface area contributed by atoms with Crippen molar-refractivity contribution in [3.63, 3.8) is 0 Å². The first-order valence-corrected chi connectivity index (χ1v) is 30.7. The fraction of sp³-hybridized carbons (Fsp3) is 0.545. The molecule has 4 aromatic rings. The van der Waals surface area contributed by atoms with Gasteiger partial charge in [-0.1, -0.05) is 103 Å². The van der Waals surface area contributed by atoms with Crippen molar-refractivity contribution in [3.05, 3.63) is 117 Å². The van der Waals surface area contributed by atoms with Gasteiger partial charge in [-0.15, -0.1) is 0 Å². The van der Waals surface area contributed by atoms with Crippen molar-refractivity contribution in [2.24, 2.45) is 0 Å². The molecule has 0 spiro atoms. The Kier molecular flexibility index (Phi) is 28.5. The van der Waals surface area contributed by atoms with Gasteiger partial charge in [-0.25, -0.2) is 24.3 Å². The maximum atomic E-state index is 2.30. The minimum Gasteiger partial charge on any atom is -1.00 e. The normalized spacial score (nSPS) is 14.6. The summed E-state index contributed by atoms with van der Waals surface area (Å²) >= 11 is 3.61. The van der Waals surface area contributed by atoms with Crippen LogP contribution in [0.1, 0.15) is 124 Å². The second-order valence-electron chi connectivity index (χ2n) is 13.8. The van der Waals surface area contributed by atoms with Crippen LogP contribution >= 0.6 is 0 Å². The summed E-state index contributed by atoms with van der Waals surface area (Å²) in [5.41, 5.74) is 13.2. The molecule has 0 amide bonds. The van der Waals surface area contributed by atoms with E-state index in [-0.39, 0.29) is 35.7 Å². The van der Waals surface area contributed by atoms with Crippen LogP contribution in [0.2, 0.25) is 24.2 Å². The van der Waals surface area contributed by atoms with Gasteiger partial charge >= 0.3 is 109 Å². The smallest absolute Gasteiger partial charge is 0.0512 e. The Morgan fingerprint density at radius 3 is 0.760 bits per heavy atom. The maximum Gasteiger partial charge on any atom is -0.0512 e. The molecule has 0 heterocycles. The molecule has 272 valence electrons. The van der Waals surface area contributed by atoms with Gasteiger partial charge in [-0.05, 0) is 0 Å². The van der Waals surface area contributed by atoms with Gasteiger partial charge in [0.1, 0.15) is 0 Å². The molecule has 0 fully saturated rings. The summed E-state index contributed by atoms with van der Waals surface area (Å²) in [5.74, 6) is 0. The van der Waals surface area contributed by atoms with Crippen molar-refractivity contribution < 1.29 is 71.5 Å². The molecule has 8 rings (SSSR count). The summed E-state index contributed by atoms with van der Waals surface area (Å²) < 4.78 is 0. The first-order valence-electron chi connectivity index (χ1n) is 19.5. The molecule has 0 nitrogen and oxygen atoms in total. The number of rotatable bonds is 4. The molecule has 50 heavy (non-hydrogen) atoms. The average Bonchev–Trinajstić information content (AvgIpc) is 3.99. The number of hydrogen-bond donors (Lipinski definition) is 0. The third-order valence-electron chi connectivity index (χ3n) is 10.3. The second kappa shape index (κ2) is 29.5. The van der Waals surface area contributed by atoms with Crippen LogP contribution in [0.3, 0.4) is 0 Å². The van der Waals surface area contributed by atoms with E-state index in [1.807, 2.05) is 0 Å². The molecule has 6 heteroatoms. The molecule has 0 N–H and O–H groups in total. The van der Waals surface area contributed by atoms with Crippen molar-refractivity contribution in [2.45, 2.75) is 155 Å². The van der Waals surface area contributed by atoms with Crippen LogP contribution in [-0.4, -0.2) is 10.9 Å². The zero-order chi connectivity index (χ0) is 34.4. The van der Waals surface area contributed by atoms with Gasteiger partial charge in [0, 0.05) is 0 Å². The molecule has 4 aromatic carbocycles. The van der Waals surface area contributed by atoms with E-state index in [1.165, 1.54) is 127 Å². The van der Waals surface area contributed by atoms with Gasteiger partial charge in [0.05, 0.1) is 0 Å². The molecule has 4 aliphatic rings. The zero-order valence-corrected chi connectivity index (χ0v) is 40.3. The standard InChI is InChI=1S/4C9H11.2C4H10Si.2ClH.2Zr/c4*1-2-5-9-7-3-6-8(9)4-1;2*1-3-5-4-2;;;;/h4*3,6-7H,1-2,4-5H2;2*3-4H2,1-2H3;2*1H;;/q4*-1;;;;;2*+2/p-2. The van der Waals surface area contributed by atoms with Crippen LogP contribution in [0, 0.1) is 0 Å². The second-order valence-corrected chi connectivity index (χ2v) is 29.4. The predicted molar refractivity (Wildman–Crippen MR) is 208 cm³/mol. The first kappa shape index (κ1) is 48.2. The Bertz CT molecular complexity index is 1140. The van der Waals surface area contributed by atoms with Crippen molar-refractivity contribution in [2.75, 3.05) is 0 Å². The summed E-state index contributed by atoms with van der Waals surface area (Å²) in [6.45, 7) is 9.19. The van der Waals surface area contributed by atoms with Crippen LogP contribution in [0.15, 0.2) is 72.8 Å². The SMILES string of the molecule is CC[Si](=[Zr+2])CC.CC[Si](=[Zr+2])CC.[Cl-].[Cl-].c1cc2c([cH-]1)CCCC2.c1cc2c([cH-]1)CCCC2.c1cc2c([cH-]1)CCCC2.c1cc2c([cH-]1)CCCC2. The Balaban J connectivity index is 0.000000301. The number of fused-ring (bicyclic) bond motifs is 4. The Morgan fingerprint density at radius 2 is 0.600 bits per heavy atom. The largest absolute Gasteiger partial charge is 1.00 e. The van der Waals surface area contributed by atoms with E-state index >= 15 is 0 Å². The molecule has 0 radical (unpaired) electrons. The Morgan fingerprint density at radius 1 is 0.400 bits per heavy atom. The van der Waals surface area contributed by atoms with E-state index < -0.39 is 0 Å². The van der Waals surface area contributed by atoms with Crippen LogP contribution in [-0.2, 0) is 98.0 Å². The predicted octanol–water partition coefficient (Wildman–Crippen LogP) is 6.27. The molecule has 0 saturated carbocycles. The number of aryl methyl sites for hydroxylation is 8. The molecule has 4 aliphatic carbocycles. The monoisotopic (exact) mass is 898 g/mol. The zero-order valence-electron chi connectivity index (χ0n) is 31.8.